The number of nitrogens with zero attached hydrogens (tertiary/aromatic N) is 1. The number of allylic oxidation sites excluding steroid dienone is 1. The Morgan fingerprint density at radius 3 is 2.67 bits per heavy atom. The zero-order valence-corrected chi connectivity index (χ0v) is 14.1. The molecule has 24 heavy (non-hydrogen) atoms. The number of ether oxygens (including phenoxy) is 1. The summed E-state index contributed by atoms with van der Waals surface area (Å²) in [5, 5.41) is 0. The van der Waals surface area contributed by atoms with Gasteiger partial charge in [-0.25, -0.2) is 4.79 Å². The number of hydrogen-bond acceptors (Lipinski definition) is 4. The Morgan fingerprint density at radius 2 is 2.00 bits per heavy atom. The standard InChI is InChI=1S/C19H17NO3S/c1-24-17-8-5-14(6-9-17)7-10-18(21)15-3-2-4-16(13-15)20-11-12-23-19(20)22/h2-10,13H,11-12H2,1H3. The SMILES string of the molecule is CSc1ccc(C=CC(=O)c2cccc(N3CCOC3=O)c2)cc1. The first-order valence-corrected chi connectivity index (χ1v) is 8.81. The van der Waals surface area contributed by atoms with E-state index in [2.05, 4.69) is 0 Å². The highest BCUT2D eigenvalue weighted by molar-refractivity contribution is 7.98. The molecule has 0 radical (unpaired) electrons. The van der Waals surface area contributed by atoms with Crippen LogP contribution in [0.25, 0.3) is 6.08 Å². The third-order valence-corrected chi connectivity index (χ3v) is 4.49. The summed E-state index contributed by atoms with van der Waals surface area (Å²) in [6.07, 6.45) is 5.00. The summed E-state index contributed by atoms with van der Waals surface area (Å²) in [5.41, 5.74) is 2.20. The molecule has 1 fully saturated rings. The van der Waals surface area contributed by atoms with Crippen LogP contribution in [-0.4, -0.2) is 31.3 Å². The third kappa shape index (κ3) is 3.68. The molecule has 1 aliphatic heterocycles. The molecule has 0 N–H and O–H groups in total. The van der Waals surface area contributed by atoms with Crippen molar-refractivity contribution in [1.29, 1.82) is 0 Å². The molecule has 5 heteroatoms. The van der Waals surface area contributed by atoms with Crippen LogP contribution in [0.2, 0.25) is 0 Å². The lowest BCUT2D eigenvalue weighted by molar-refractivity contribution is 0.104. The van der Waals surface area contributed by atoms with Gasteiger partial charge in [0.15, 0.2) is 5.78 Å². The minimum absolute atomic E-state index is 0.0987. The second-order valence-electron chi connectivity index (χ2n) is 5.29. The van der Waals surface area contributed by atoms with E-state index >= 15 is 0 Å². The van der Waals surface area contributed by atoms with E-state index in [0.717, 1.165) is 5.56 Å². The van der Waals surface area contributed by atoms with E-state index in [0.29, 0.717) is 24.4 Å². The highest BCUT2D eigenvalue weighted by Gasteiger charge is 2.23. The van der Waals surface area contributed by atoms with Crippen molar-refractivity contribution in [3.8, 4) is 0 Å². The van der Waals surface area contributed by atoms with Crippen molar-refractivity contribution in [2.45, 2.75) is 4.90 Å². The van der Waals surface area contributed by atoms with E-state index in [1.54, 1.807) is 48.2 Å². The maximum Gasteiger partial charge on any atom is 0.414 e. The van der Waals surface area contributed by atoms with Crippen LogP contribution in [0.4, 0.5) is 10.5 Å². The number of rotatable bonds is 5. The zero-order chi connectivity index (χ0) is 16.9. The highest BCUT2D eigenvalue weighted by atomic mass is 32.2. The summed E-state index contributed by atoms with van der Waals surface area (Å²) in [6, 6.07) is 15.0. The number of carbonyl (C=O) groups excluding carboxylic acids is 2. The molecular weight excluding hydrogens is 322 g/mol. The molecule has 122 valence electrons. The molecule has 0 spiro atoms. The van der Waals surface area contributed by atoms with Gasteiger partial charge in [0.05, 0.1) is 6.54 Å². The molecule has 2 aromatic carbocycles. The molecule has 2 aromatic rings. The Kier molecular flexibility index (Phi) is 5.01. The predicted molar refractivity (Wildman–Crippen MR) is 96.7 cm³/mol. The van der Waals surface area contributed by atoms with Crippen LogP contribution in [0.15, 0.2) is 59.5 Å². The summed E-state index contributed by atoms with van der Waals surface area (Å²) >= 11 is 1.68. The van der Waals surface area contributed by atoms with Crippen LogP contribution in [-0.2, 0) is 4.74 Å². The molecule has 1 amide bonds. The molecule has 0 unspecified atom stereocenters. The van der Waals surface area contributed by atoms with Gasteiger partial charge in [-0.1, -0.05) is 30.3 Å². The molecule has 0 saturated carbocycles. The zero-order valence-electron chi connectivity index (χ0n) is 13.3. The first kappa shape index (κ1) is 16.3. The molecule has 0 aromatic heterocycles. The lowest BCUT2D eigenvalue weighted by atomic mass is 10.1. The van der Waals surface area contributed by atoms with E-state index < -0.39 is 0 Å². The van der Waals surface area contributed by atoms with E-state index in [1.807, 2.05) is 30.5 Å². The van der Waals surface area contributed by atoms with Crippen molar-refractivity contribution >= 4 is 35.4 Å². The first-order chi connectivity index (χ1) is 11.7. The fourth-order valence-electron chi connectivity index (χ4n) is 2.44. The molecular formula is C19H17NO3S. The lowest BCUT2D eigenvalue weighted by Crippen LogP contribution is -2.23. The van der Waals surface area contributed by atoms with Crippen LogP contribution in [0.3, 0.4) is 0 Å². The normalized spacial score (nSPS) is 14.2. The second-order valence-corrected chi connectivity index (χ2v) is 6.17. The Balaban J connectivity index is 1.74. The number of carbonyl (C=O) groups is 2. The van der Waals surface area contributed by atoms with Crippen molar-refractivity contribution in [2.75, 3.05) is 24.3 Å². The summed E-state index contributed by atoms with van der Waals surface area (Å²) < 4.78 is 4.93. The lowest BCUT2D eigenvalue weighted by Gasteiger charge is -2.13. The van der Waals surface area contributed by atoms with Crippen LogP contribution >= 0.6 is 11.8 Å². The fraction of sp³-hybridized carbons (Fsp3) is 0.158. The Hall–Kier alpha value is -2.53. The highest BCUT2D eigenvalue weighted by Crippen LogP contribution is 2.21. The van der Waals surface area contributed by atoms with E-state index in [4.69, 9.17) is 4.74 Å². The van der Waals surface area contributed by atoms with Crippen molar-refractivity contribution in [1.82, 2.24) is 0 Å². The molecule has 3 rings (SSSR count). The van der Waals surface area contributed by atoms with E-state index in [9.17, 15) is 9.59 Å². The number of amides is 1. The van der Waals surface area contributed by atoms with Crippen molar-refractivity contribution in [3.05, 3.63) is 65.7 Å². The van der Waals surface area contributed by atoms with Gasteiger partial charge in [0.2, 0.25) is 0 Å². The Bertz CT molecular complexity index is 783. The number of anilines is 1. The molecule has 0 atom stereocenters. The van der Waals surface area contributed by atoms with Crippen molar-refractivity contribution in [3.63, 3.8) is 0 Å². The third-order valence-electron chi connectivity index (χ3n) is 3.75. The van der Waals surface area contributed by atoms with Gasteiger partial charge in [-0.15, -0.1) is 11.8 Å². The van der Waals surface area contributed by atoms with Gasteiger partial charge >= 0.3 is 6.09 Å². The maximum atomic E-state index is 12.4. The summed E-state index contributed by atoms with van der Waals surface area (Å²) in [4.78, 5) is 26.7. The van der Waals surface area contributed by atoms with Gasteiger partial charge in [0.1, 0.15) is 6.61 Å². The monoisotopic (exact) mass is 339 g/mol. The Morgan fingerprint density at radius 1 is 1.21 bits per heavy atom. The van der Waals surface area contributed by atoms with Crippen LogP contribution < -0.4 is 4.90 Å². The predicted octanol–water partition coefficient (Wildman–Crippen LogP) is 4.26. The quantitative estimate of drug-likeness (QED) is 0.464. The van der Waals surface area contributed by atoms with Crippen molar-refractivity contribution < 1.29 is 14.3 Å². The summed E-state index contributed by atoms with van der Waals surface area (Å²) in [5.74, 6) is -0.0987. The number of hydrogen-bond donors (Lipinski definition) is 0. The molecule has 4 nitrogen and oxygen atoms in total. The van der Waals surface area contributed by atoms with Crippen LogP contribution in [0, 0.1) is 0 Å². The van der Waals surface area contributed by atoms with Crippen molar-refractivity contribution in [2.24, 2.45) is 0 Å². The van der Waals surface area contributed by atoms with E-state index in [1.165, 1.54) is 9.80 Å². The van der Waals surface area contributed by atoms with Gasteiger partial charge in [-0.3, -0.25) is 9.69 Å². The molecule has 1 heterocycles. The van der Waals surface area contributed by atoms with Gasteiger partial charge < -0.3 is 4.74 Å². The Labute approximate surface area is 145 Å². The number of ketones is 1. The molecule has 1 aliphatic rings. The average molecular weight is 339 g/mol. The molecule has 0 aliphatic carbocycles. The number of benzene rings is 2. The van der Waals surface area contributed by atoms with Gasteiger partial charge in [0.25, 0.3) is 0 Å². The largest absolute Gasteiger partial charge is 0.447 e. The fourth-order valence-corrected chi connectivity index (χ4v) is 2.85. The minimum Gasteiger partial charge on any atom is -0.447 e. The van der Waals surface area contributed by atoms with E-state index in [-0.39, 0.29) is 11.9 Å². The first-order valence-electron chi connectivity index (χ1n) is 7.58. The number of cyclic esters (lactones) is 1. The molecule has 0 bridgehead atoms. The van der Waals surface area contributed by atoms with Crippen LogP contribution in [0.1, 0.15) is 15.9 Å². The summed E-state index contributed by atoms with van der Waals surface area (Å²) in [6.45, 7) is 0.886. The van der Waals surface area contributed by atoms with Gasteiger partial charge in [-0.2, -0.15) is 0 Å². The summed E-state index contributed by atoms with van der Waals surface area (Å²) in [7, 11) is 0. The smallest absolute Gasteiger partial charge is 0.414 e. The topological polar surface area (TPSA) is 46.6 Å². The maximum absolute atomic E-state index is 12.4. The van der Waals surface area contributed by atoms with Gasteiger partial charge in [0, 0.05) is 16.1 Å². The average Bonchev–Trinajstić information content (AvgIpc) is 3.06. The molecule has 1 saturated heterocycles. The van der Waals surface area contributed by atoms with Gasteiger partial charge in [-0.05, 0) is 42.2 Å². The second kappa shape index (κ2) is 7.36. The van der Waals surface area contributed by atoms with Crippen LogP contribution in [0.5, 0.6) is 0 Å². The number of thioether (sulfide) groups is 1. The minimum atomic E-state index is -0.371.